The smallest absolute Gasteiger partial charge is 0.319 e. The summed E-state index contributed by atoms with van der Waals surface area (Å²) in [7, 11) is 0. The quantitative estimate of drug-likeness (QED) is 0.621. The first-order valence-corrected chi connectivity index (χ1v) is 10.0. The number of aromatic nitrogens is 2. The topological polar surface area (TPSA) is 110 Å². The number of hydrogen-bond donors (Lipinski definition) is 1. The molecule has 1 aromatic heterocycles. The molecule has 0 spiro atoms. The Kier molecular flexibility index (Phi) is 5.17. The molecule has 2 aliphatic rings. The second kappa shape index (κ2) is 8.28. The maximum Gasteiger partial charge on any atom is 0.319 e. The van der Waals surface area contributed by atoms with Crippen LogP contribution >= 0.6 is 0 Å². The SMILES string of the molecule is N#Cc1cccc2c1OCCOc1nc(c3cc(N4CCOCC4=O)c(F)cc3n1)NC2. The van der Waals surface area contributed by atoms with Crippen molar-refractivity contribution in [1.29, 1.82) is 5.26 Å². The summed E-state index contributed by atoms with van der Waals surface area (Å²) in [5.41, 5.74) is 1.67. The summed E-state index contributed by atoms with van der Waals surface area (Å²) >= 11 is 0. The first-order valence-electron chi connectivity index (χ1n) is 10.0. The summed E-state index contributed by atoms with van der Waals surface area (Å²) in [5, 5.41) is 13.2. The number of amides is 1. The highest BCUT2D eigenvalue weighted by Crippen LogP contribution is 2.32. The maximum absolute atomic E-state index is 14.9. The Morgan fingerprint density at radius 3 is 2.88 bits per heavy atom. The van der Waals surface area contributed by atoms with E-state index in [4.69, 9.17) is 14.2 Å². The molecular formula is C22H18FN5O4. The van der Waals surface area contributed by atoms with Crippen molar-refractivity contribution < 1.29 is 23.4 Å². The van der Waals surface area contributed by atoms with Gasteiger partial charge in [-0.15, -0.1) is 0 Å². The minimum absolute atomic E-state index is 0.0738. The van der Waals surface area contributed by atoms with E-state index in [2.05, 4.69) is 21.4 Å². The van der Waals surface area contributed by atoms with Crippen LogP contribution in [0.25, 0.3) is 10.9 Å². The van der Waals surface area contributed by atoms with Crippen LogP contribution in [-0.2, 0) is 16.1 Å². The van der Waals surface area contributed by atoms with Crippen LogP contribution < -0.4 is 19.7 Å². The fraction of sp³-hybridized carbons (Fsp3) is 0.273. The molecule has 2 bridgehead atoms. The average molecular weight is 435 g/mol. The molecule has 0 saturated carbocycles. The number of nitriles is 1. The van der Waals surface area contributed by atoms with E-state index in [1.54, 1.807) is 18.2 Å². The molecule has 1 saturated heterocycles. The highest BCUT2D eigenvalue weighted by atomic mass is 19.1. The van der Waals surface area contributed by atoms with Gasteiger partial charge in [-0.25, -0.2) is 4.39 Å². The molecule has 2 aliphatic heterocycles. The van der Waals surface area contributed by atoms with E-state index in [1.165, 1.54) is 11.0 Å². The van der Waals surface area contributed by atoms with Crippen LogP contribution in [0.15, 0.2) is 30.3 Å². The number of nitrogens with one attached hydrogen (secondary N) is 1. The lowest BCUT2D eigenvalue weighted by Crippen LogP contribution is -2.42. The molecule has 162 valence electrons. The summed E-state index contributed by atoms with van der Waals surface area (Å²) in [5.74, 6) is 0.0112. The number of carbonyl (C=O) groups is 1. The number of hydrogen-bond acceptors (Lipinski definition) is 8. The number of morpholine rings is 1. The largest absolute Gasteiger partial charge is 0.488 e. The lowest BCUT2D eigenvalue weighted by Gasteiger charge is -2.27. The van der Waals surface area contributed by atoms with E-state index >= 15 is 0 Å². The molecule has 32 heavy (non-hydrogen) atoms. The minimum atomic E-state index is -0.569. The Hall–Kier alpha value is -3.97. The molecule has 3 heterocycles. The van der Waals surface area contributed by atoms with Crippen LogP contribution in [0.1, 0.15) is 11.1 Å². The maximum atomic E-state index is 14.9. The predicted octanol–water partition coefficient (Wildman–Crippen LogP) is 2.39. The number of anilines is 2. The number of fused-ring (bicyclic) bond motifs is 5. The Morgan fingerprint density at radius 2 is 2.03 bits per heavy atom. The van der Waals surface area contributed by atoms with Crippen LogP contribution in [-0.4, -0.2) is 48.8 Å². The third-order valence-electron chi connectivity index (χ3n) is 5.24. The molecule has 9 nitrogen and oxygen atoms in total. The van der Waals surface area contributed by atoms with Gasteiger partial charge in [-0.3, -0.25) is 4.79 Å². The van der Waals surface area contributed by atoms with Gasteiger partial charge in [-0.1, -0.05) is 12.1 Å². The second-order valence-corrected chi connectivity index (χ2v) is 7.23. The third kappa shape index (κ3) is 3.63. The van der Waals surface area contributed by atoms with Gasteiger partial charge in [0.15, 0.2) is 0 Å². The zero-order valence-electron chi connectivity index (χ0n) is 16.9. The Morgan fingerprint density at radius 1 is 1.16 bits per heavy atom. The predicted molar refractivity (Wildman–Crippen MR) is 112 cm³/mol. The van der Waals surface area contributed by atoms with E-state index < -0.39 is 5.82 Å². The van der Waals surface area contributed by atoms with Crippen LogP contribution in [0.4, 0.5) is 15.9 Å². The first-order chi connectivity index (χ1) is 15.6. The molecule has 0 aliphatic carbocycles. The number of benzene rings is 2. The third-order valence-corrected chi connectivity index (χ3v) is 5.24. The van der Waals surface area contributed by atoms with Crippen molar-refractivity contribution in [2.45, 2.75) is 6.54 Å². The molecule has 0 unspecified atom stereocenters. The second-order valence-electron chi connectivity index (χ2n) is 7.23. The van der Waals surface area contributed by atoms with Crippen molar-refractivity contribution in [3.8, 4) is 17.8 Å². The molecule has 0 atom stereocenters. The summed E-state index contributed by atoms with van der Waals surface area (Å²) < 4.78 is 31.5. The van der Waals surface area contributed by atoms with Gasteiger partial charge in [0, 0.05) is 30.1 Å². The normalized spacial score (nSPS) is 16.1. The van der Waals surface area contributed by atoms with Crippen molar-refractivity contribution in [2.75, 3.05) is 43.2 Å². The van der Waals surface area contributed by atoms with Gasteiger partial charge in [0.05, 0.1) is 23.4 Å². The van der Waals surface area contributed by atoms with Crippen molar-refractivity contribution in [2.24, 2.45) is 0 Å². The Balaban J connectivity index is 1.60. The standard InChI is InChI=1S/C22H18FN5O4/c23-16-9-17-15(8-18(16)28-4-5-30-12-19(28)29)21-25-11-14-3-1-2-13(10-24)20(14)31-6-7-32-22(26-17)27-21/h1-3,8-9H,4-7,11-12H2,(H,25,26,27). The van der Waals surface area contributed by atoms with E-state index in [9.17, 15) is 14.4 Å². The highest BCUT2D eigenvalue weighted by Gasteiger charge is 2.25. The van der Waals surface area contributed by atoms with Crippen molar-refractivity contribution in [3.05, 3.63) is 47.3 Å². The molecule has 10 heteroatoms. The van der Waals surface area contributed by atoms with Crippen molar-refractivity contribution in [3.63, 3.8) is 0 Å². The summed E-state index contributed by atoms with van der Waals surface area (Å²) in [6, 6.07) is 10.3. The summed E-state index contributed by atoms with van der Waals surface area (Å²) in [6.07, 6.45) is 0. The molecule has 5 rings (SSSR count). The fourth-order valence-corrected chi connectivity index (χ4v) is 3.73. The molecule has 1 N–H and O–H groups in total. The number of nitrogens with zero attached hydrogens (tertiary/aromatic N) is 4. The summed E-state index contributed by atoms with van der Waals surface area (Å²) in [6.45, 7) is 1.13. The van der Waals surface area contributed by atoms with E-state index in [-0.39, 0.29) is 44.0 Å². The molecule has 1 fully saturated rings. The van der Waals surface area contributed by atoms with Gasteiger partial charge < -0.3 is 24.4 Å². The van der Waals surface area contributed by atoms with Crippen molar-refractivity contribution in [1.82, 2.24) is 9.97 Å². The molecule has 2 aromatic carbocycles. The van der Waals surface area contributed by atoms with Gasteiger partial charge in [0.25, 0.3) is 5.91 Å². The van der Waals surface area contributed by atoms with Gasteiger partial charge in [0.1, 0.15) is 43.3 Å². The number of para-hydroxylation sites is 1. The number of ether oxygens (including phenoxy) is 3. The fourth-order valence-electron chi connectivity index (χ4n) is 3.73. The van der Waals surface area contributed by atoms with E-state index in [1.807, 2.05) is 6.07 Å². The van der Waals surface area contributed by atoms with E-state index in [0.717, 1.165) is 5.56 Å². The summed E-state index contributed by atoms with van der Waals surface area (Å²) in [4.78, 5) is 22.4. The van der Waals surface area contributed by atoms with Crippen LogP contribution in [0.5, 0.6) is 11.8 Å². The molecular weight excluding hydrogens is 417 g/mol. The Labute approximate surface area is 182 Å². The lowest BCUT2D eigenvalue weighted by atomic mass is 10.1. The van der Waals surface area contributed by atoms with Gasteiger partial charge in [0.2, 0.25) is 0 Å². The molecule has 0 radical (unpaired) electrons. The van der Waals surface area contributed by atoms with Crippen molar-refractivity contribution >= 4 is 28.3 Å². The number of carbonyl (C=O) groups excluding carboxylic acids is 1. The zero-order chi connectivity index (χ0) is 22.1. The monoisotopic (exact) mass is 435 g/mol. The Bertz CT molecular complexity index is 1260. The zero-order valence-corrected chi connectivity index (χ0v) is 16.9. The highest BCUT2D eigenvalue weighted by molar-refractivity contribution is 5.99. The van der Waals surface area contributed by atoms with Crippen LogP contribution in [0.3, 0.4) is 0 Å². The first kappa shape index (κ1) is 20.0. The molecule has 1 amide bonds. The average Bonchev–Trinajstić information content (AvgIpc) is 2.83. The minimum Gasteiger partial charge on any atom is -0.488 e. The van der Waals surface area contributed by atoms with Gasteiger partial charge >= 0.3 is 6.01 Å². The lowest BCUT2D eigenvalue weighted by molar-refractivity contribution is -0.125. The van der Waals surface area contributed by atoms with Gasteiger partial charge in [-0.05, 0) is 12.1 Å². The molecule has 3 aromatic rings. The number of halogens is 1. The van der Waals surface area contributed by atoms with E-state index in [0.29, 0.717) is 41.2 Å². The van der Waals surface area contributed by atoms with Crippen LogP contribution in [0, 0.1) is 17.1 Å². The van der Waals surface area contributed by atoms with Crippen LogP contribution in [0.2, 0.25) is 0 Å². The number of rotatable bonds is 1. The van der Waals surface area contributed by atoms with Gasteiger partial charge in [-0.2, -0.15) is 15.2 Å².